The number of hydrogen-bond acceptors (Lipinski definition) is 7. The van der Waals surface area contributed by atoms with Gasteiger partial charge in [0.15, 0.2) is 5.96 Å². The molecule has 0 saturated carbocycles. The molecule has 0 aromatic heterocycles. The van der Waals surface area contributed by atoms with Gasteiger partial charge in [-0.2, -0.15) is 0 Å². The first-order chi connectivity index (χ1) is 16.0. The maximum absolute atomic E-state index is 13.2. The maximum Gasteiger partial charge on any atom is 0.326 e. The maximum atomic E-state index is 13.2. The molecule has 34 heavy (non-hydrogen) atoms. The first-order valence-corrected chi connectivity index (χ1v) is 11.3. The third-order valence-electron chi connectivity index (χ3n) is 5.96. The van der Waals surface area contributed by atoms with Crippen LogP contribution in [0.4, 0.5) is 0 Å². The molecule has 0 aromatic carbocycles. The molecule has 0 aromatic rings. The van der Waals surface area contributed by atoms with Crippen molar-refractivity contribution in [3.8, 4) is 0 Å². The molecule has 2 saturated heterocycles. The Bertz CT molecular complexity index is 830. The van der Waals surface area contributed by atoms with Gasteiger partial charge in [-0.25, -0.2) is 4.79 Å². The lowest BCUT2D eigenvalue weighted by molar-refractivity contribution is -0.150. The van der Waals surface area contributed by atoms with Gasteiger partial charge in [0, 0.05) is 19.6 Å². The highest BCUT2D eigenvalue weighted by Gasteiger charge is 2.40. The highest BCUT2D eigenvalue weighted by molar-refractivity contribution is 5.95. The van der Waals surface area contributed by atoms with Crippen molar-refractivity contribution in [2.24, 2.45) is 27.9 Å². The average molecular weight is 483 g/mol. The van der Waals surface area contributed by atoms with Crippen molar-refractivity contribution in [2.45, 2.75) is 69.1 Å². The summed E-state index contributed by atoms with van der Waals surface area (Å²) in [4.78, 5) is 68.0. The smallest absolute Gasteiger partial charge is 0.326 e. The van der Waals surface area contributed by atoms with E-state index in [-0.39, 0.29) is 38.4 Å². The molecule has 14 heteroatoms. The highest BCUT2D eigenvalue weighted by Crippen LogP contribution is 2.22. The fourth-order valence-electron chi connectivity index (χ4n) is 4.34. The minimum absolute atomic E-state index is 0.107. The molecule has 4 unspecified atom stereocenters. The number of guanidine groups is 1. The number of aliphatic imine (C=N–C) groups is 1. The van der Waals surface area contributed by atoms with Crippen LogP contribution in [-0.4, -0.2) is 94.3 Å². The second-order valence-corrected chi connectivity index (χ2v) is 8.50. The molecule has 14 nitrogen and oxygen atoms in total. The standard InChI is InChI=1S/C20H34N8O6/c21-11(10-15(22)29)17(31)27-8-2-5-13(27)16(30)26-12(4-1-7-25-20(23)24)18(32)28-9-3-6-14(28)19(33)34/h11-14H,1-10,21H2,(H2,22,29)(H,26,30)(H,33,34)(H4,23,24,25). The molecule has 0 bridgehead atoms. The van der Waals surface area contributed by atoms with Gasteiger partial charge in [0.25, 0.3) is 0 Å². The zero-order valence-electron chi connectivity index (χ0n) is 19.0. The number of primary amides is 1. The van der Waals surface area contributed by atoms with Crippen molar-refractivity contribution in [3.05, 3.63) is 0 Å². The lowest BCUT2D eigenvalue weighted by atomic mass is 10.1. The van der Waals surface area contributed by atoms with Gasteiger partial charge in [-0.3, -0.25) is 24.2 Å². The third kappa shape index (κ3) is 7.04. The lowest BCUT2D eigenvalue weighted by Crippen LogP contribution is -2.56. The number of hydrogen-bond donors (Lipinski definition) is 6. The summed E-state index contributed by atoms with van der Waals surface area (Å²) in [5, 5.41) is 12.1. The molecule has 2 rings (SSSR count). The summed E-state index contributed by atoms with van der Waals surface area (Å²) in [5.41, 5.74) is 21.5. The molecule has 0 radical (unpaired) electrons. The van der Waals surface area contributed by atoms with Crippen LogP contribution in [0.5, 0.6) is 0 Å². The molecule has 4 amide bonds. The Hall–Kier alpha value is -3.42. The van der Waals surface area contributed by atoms with Crippen LogP contribution in [0.25, 0.3) is 0 Å². The predicted molar refractivity (Wildman–Crippen MR) is 121 cm³/mol. The summed E-state index contributed by atoms with van der Waals surface area (Å²) < 4.78 is 0. The summed E-state index contributed by atoms with van der Waals surface area (Å²) in [6.45, 7) is 0.770. The summed E-state index contributed by atoms with van der Waals surface area (Å²) in [5.74, 6) is -3.58. The molecule has 0 spiro atoms. The topological polar surface area (TPSA) is 241 Å². The summed E-state index contributed by atoms with van der Waals surface area (Å²) in [6, 6.07) is -4.00. The van der Waals surface area contributed by atoms with E-state index in [9.17, 15) is 29.1 Å². The number of aliphatic carboxylic acids is 1. The minimum atomic E-state index is -1.16. The number of amides is 4. The van der Waals surface area contributed by atoms with Gasteiger partial charge < -0.3 is 43.2 Å². The Morgan fingerprint density at radius 2 is 1.56 bits per heavy atom. The average Bonchev–Trinajstić information content (AvgIpc) is 3.43. The summed E-state index contributed by atoms with van der Waals surface area (Å²) in [6.07, 6.45) is 1.96. The quantitative estimate of drug-likeness (QED) is 0.0984. The number of carboxylic acids is 1. The van der Waals surface area contributed by atoms with E-state index in [2.05, 4.69) is 10.3 Å². The number of nitrogens with zero attached hydrogens (tertiary/aromatic N) is 3. The van der Waals surface area contributed by atoms with E-state index < -0.39 is 53.8 Å². The van der Waals surface area contributed by atoms with Gasteiger partial charge >= 0.3 is 5.97 Å². The predicted octanol–water partition coefficient (Wildman–Crippen LogP) is -3.21. The van der Waals surface area contributed by atoms with Crippen molar-refractivity contribution >= 4 is 35.6 Å². The molecule has 2 fully saturated rings. The first kappa shape index (κ1) is 26.8. The van der Waals surface area contributed by atoms with E-state index in [1.165, 1.54) is 9.80 Å². The molecule has 2 aliphatic heterocycles. The van der Waals surface area contributed by atoms with Crippen LogP contribution >= 0.6 is 0 Å². The van der Waals surface area contributed by atoms with Crippen molar-refractivity contribution in [1.82, 2.24) is 15.1 Å². The van der Waals surface area contributed by atoms with E-state index in [1.54, 1.807) is 0 Å². The van der Waals surface area contributed by atoms with Crippen molar-refractivity contribution in [2.75, 3.05) is 19.6 Å². The second kappa shape index (κ2) is 12.2. The Balaban J connectivity index is 2.13. The third-order valence-corrected chi connectivity index (χ3v) is 5.96. The molecule has 4 atom stereocenters. The number of likely N-dealkylation sites (tertiary alicyclic amines) is 2. The Morgan fingerprint density at radius 3 is 2.12 bits per heavy atom. The number of carboxylic acid groups (broad SMARTS) is 1. The zero-order valence-corrected chi connectivity index (χ0v) is 19.0. The van der Waals surface area contributed by atoms with Crippen LogP contribution in [0.2, 0.25) is 0 Å². The second-order valence-electron chi connectivity index (χ2n) is 8.50. The van der Waals surface area contributed by atoms with Crippen LogP contribution in [0.15, 0.2) is 4.99 Å². The Kier molecular flexibility index (Phi) is 9.59. The molecule has 2 heterocycles. The van der Waals surface area contributed by atoms with Crippen LogP contribution in [-0.2, 0) is 24.0 Å². The largest absolute Gasteiger partial charge is 0.480 e. The van der Waals surface area contributed by atoms with E-state index in [1.807, 2.05) is 0 Å². The number of nitrogens with two attached hydrogens (primary N) is 4. The SMILES string of the molecule is NC(=O)CC(N)C(=O)N1CCCC1C(=O)NC(CCCN=C(N)N)C(=O)N1CCCC1C(=O)O. The fourth-order valence-corrected chi connectivity index (χ4v) is 4.34. The van der Waals surface area contributed by atoms with Gasteiger partial charge in [0.05, 0.1) is 12.5 Å². The molecule has 190 valence electrons. The van der Waals surface area contributed by atoms with E-state index >= 15 is 0 Å². The monoisotopic (exact) mass is 482 g/mol. The van der Waals surface area contributed by atoms with Gasteiger partial charge in [-0.1, -0.05) is 0 Å². The van der Waals surface area contributed by atoms with Crippen molar-refractivity contribution < 1.29 is 29.1 Å². The van der Waals surface area contributed by atoms with Crippen LogP contribution in [0.1, 0.15) is 44.9 Å². The Morgan fingerprint density at radius 1 is 0.971 bits per heavy atom. The molecule has 10 N–H and O–H groups in total. The van der Waals surface area contributed by atoms with Gasteiger partial charge in [-0.15, -0.1) is 0 Å². The van der Waals surface area contributed by atoms with Crippen LogP contribution < -0.4 is 28.3 Å². The molecule has 2 aliphatic rings. The van der Waals surface area contributed by atoms with Crippen molar-refractivity contribution in [3.63, 3.8) is 0 Å². The summed E-state index contributed by atoms with van der Waals surface area (Å²) in [7, 11) is 0. The normalized spacial score (nSPS) is 21.6. The first-order valence-electron chi connectivity index (χ1n) is 11.3. The highest BCUT2D eigenvalue weighted by atomic mass is 16.4. The molecular weight excluding hydrogens is 448 g/mol. The number of carbonyl (C=O) groups excluding carboxylic acids is 4. The minimum Gasteiger partial charge on any atom is -0.480 e. The van der Waals surface area contributed by atoms with Crippen molar-refractivity contribution in [1.29, 1.82) is 0 Å². The van der Waals surface area contributed by atoms with Gasteiger partial charge in [0.1, 0.15) is 18.1 Å². The fraction of sp³-hybridized carbons (Fsp3) is 0.700. The number of carbonyl (C=O) groups is 5. The lowest BCUT2D eigenvalue weighted by Gasteiger charge is -2.30. The van der Waals surface area contributed by atoms with E-state index in [4.69, 9.17) is 22.9 Å². The van der Waals surface area contributed by atoms with Crippen LogP contribution in [0, 0.1) is 0 Å². The molecule has 0 aliphatic carbocycles. The number of rotatable bonds is 11. The van der Waals surface area contributed by atoms with Crippen LogP contribution in [0.3, 0.4) is 0 Å². The van der Waals surface area contributed by atoms with E-state index in [0.717, 1.165) is 0 Å². The molecular formula is C20H34N8O6. The van der Waals surface area contributed by atoms with Gasteiger partial charge in [-0.05, 0) is 38.5 Å². The zero-order chi connectivity index (χ0) is 25.4. The van der Waals surface area contributed by atoms with E-state index in [0.29, 0.717) is 32.1 Å². The van der Waals surface area contributed by atoms with Gasteiger partial charge in [0.2, 0.25) is 23.6 Å². The number of nitrogens with one attached hydrogen (secondary N) is 1. The Labute approximate surface area is 197 Å². The summed E-state index contributed by atoms with van der Waals surface area (Å²) >= 11 is 0.